The van der Waals surface area contributed by atoms with Gasteiger partial charge in [0.25, 0.3) is 0 Å². The highest BCUT2D eigenvalue weighted by Crippen LogP contribution is 2.04. The van der Waals surface area contributed by atoms with Gasteiger partial charge in [-0.05, 0) is 25.5 Å². The van der Waals surface area contributed by atoms with E-state index < -0.39 is 0 Å². The molecule has 0 saturated heterocycles. The third-order valence-electron chi connectivity index (χ3n) is 1.69. The Morgan fingerprint density at radius 1 is 1.57 bits per heavy atom. The highest BCUT2D eigenvalue weighted by atomic mass is 15.1. The molecule has 0 aliphatic heterocycles. The van der Waals surface area contributed by atoms with Crippen LogP contribution in [0.2, 0.25) is 0 Å². The summed E-state index contributed by atoms with van der Waals surface area (Å²) in [6.45, 7) is 4.75. The molecule has 1 heterocycles. The van der Waals surface area contributed by atoms with Crippen molar-refractivity contribution in [1.29, 1.82) is 0 Å². The zero-order valence-electron chi connectivity index (χ0n) is 8.62. The maximum Gasteiger partial charge on any atom is 0.193 e. The zero-order valence-corrected chi connectivity index (χ0v) is 8.62. The normalized spacial score (nSPS) is 11.4. The van der Waals surface area contributed by atoms with Crippen LogP contribution in [0.25, 0.3) is 0 Å². The first-order valence-corrected chi connectivity index (χ1v) is 4.72. The van der Waals surface area contributed by atoms with Crippen LogP contribution in [0.1, 0.15) is 19.0 Å². The smallest absolute Gasteiger partial charge is 0.193 e. The van der Waals surface area contributed by atoms with E-state index in [1.165, 1.54) is 0 Å². The second-order valence-corrected chi connectivity index (χ2v) is 3.08. The molecule has 0 aliphatic rings. The molecule has 3 N–H and O–H groups in total. The predicted molar refractivity (Wildman–Crippen MR) is 59.4 cm³/mol. The van der Waals surface area contributed by atoms with Gasteiger partial charge in [0.1, 0.15) is 0 Å². The number of hydrogen-bond donors (Lipinski definition) is 2. The lowest BCUT2D eigenvalue weighted by molar-refractivity contribution is 0.929. The Labute approximate surface area is 84.3 Å². The Morgan fingerprint density at radius 2 is 2.36 bits per heavy atom. The van der Waals surface area contributed by atoms with Crippen LogP contribution in [-0.2, 0) is 0 Å². The van der Waals surface area contributed by atoms with E-state index in [1.807, 2.05) is 19.1 Å². The van der Waals surface area contributed by atoms with Gasteiger partial charge >= 0.3 is 0 Å². The highest BCUT2D eigenvalue weighted by Gasteiger charge is 1.94. The first-order valence-electron chi connectivity index (χ1n) is 4.72. The molecule has 0 bridgehead atoms. The van der Waals surface area contributed by atoms with E-state index >= 15 is 0 Å². The predicted octanol–water partition coefficient (Wildman–Crippen LogP) is 1.53. The first kappa shape index (κ1) is 10.5. The van der Waals surface area contributed by atoms with E-state index in [-0.39, 0.29) is 0 Å². The van der Waals surface area contributed by atoms with Crippen molar-refractivity contribution in [3.05, 3.63) is 24.0 Å². The second kappa shape index (κ2) is 5.21. The molecule has 14 heavy (non-hydrogen) atoms. The minimum atomic E-state index is 0.442. The summed E-state index contributed by atoms with van der Waals surface area (Å²) in [4.78, 5) is 8.26. The monoisotopic (exact) mass is 192 g/mol. The zero-order chi connectivity index (χ0) is 10.4. The quantitative estimate of drug-likeness (QED) is 0.564. The van der Waals surface area contributed by atoms with E-state index in [4.69, 9.17) is 5.73 Å². The molecule has 0 saturated carbocycles. The van der Waals surface area contributed by atoms with E-state index in [1.54, 1.807) is 6.20 Å². The number of nitrogens with one attached hydrogen (secondary N) is 1. The number of aromatic nitrogens is 1. The maximum absolute atomic E-state index is 5.64. The number of aryl methyl sites for hydroxylation is 1. The van der Waals surface area contributed by atoms with Crippen molar-refractivity contribution in [2.75, 3.05) is 11.9 Å². The fourth-order valence-corrected chi connectivity index (χ4v) is 0.961. The molecule has 1 aromatic heterocycles. The van der Waals surface area contributed by atoms with Gasteiger partial charge in [0.15, 0.2) is 5.96 Å². The Kier molecular flexibility index (Phi) is 3.91. The van der Waals surface area contributed by atoms with Gasteiger partial charge in [0.05, 0.1) is 11.9 Å². The minimum Gasteiger partial charge on any atom is -0.370 e. The Morgan fingerprint density at radius 3 is 2.93 bits per heavy atom. The lowest BCUT2D eigenvalue weighted by Crippen LogP contribution is -2.22. The van der Waals surface area contributed by atoms with Crippen LogP contribution in [0.5, 0.6) is 0 Å². The number of nitrogens with zero attached hydrogens (tertiary/aromatic N) is 2. The lowest BCUT2D eigenvalue weighted by atomic mass is 10.3. The van der Waals surface area contributed by atoms with Crippen molar-refractivity contribution in [2.45, 2.75) is 20.3 Å². The van der Waals surface area contributed by atoms with Gasteiger partial charge in [0, 0.05) is 12.2 Å². The van der Waals surface area contributed by atoms with E-state index in [2.05, 4.69) is 22.2 Å². The topological polar surface area (TPSA) is 63.3 Å². The van der Waals surface area contributed by atoms with Gasteiger partial charge < -0.3 is 11.1 Å². The minimum absolute atomic E-state index is 0.442. The summed E-state index contributed by atoms with van der Waals surface area (Å²) in [6.07, 6.45) is 2.73. The Balaban J connectivity index is 2.56. The van der Waals surface area contributed by atoms with Crippen LogP contribution in [-0.4, -0.2) is 17.5 Å². The molecular weight excluding hydrogens is 176 g/mol. The van der Waals surface area contributed by atoms with Crippen LogP contribution < -0.4 is 11.1 Å². The largest absolute Gasteiger partial charge is 0.370 e. The Bertz CT molecular complexity index is 302. The standard InChI is InChI=1S/C10H16N4/c1-3-6-12-10(11)14-9-5-4-8(2)13-7-9/h4-5,7H,3,6H2,1-2H3,(H3,11,12,14). The summed E-state index contributed by atoms with van der Waals surface area (Å²) in [5.74, 6) is 0.442. The van der Waals surface area contributed by atoms with Gasteiger partial charge in [-0.3, -0.25) is 9.98 Å². The summed E-state index contributed by atoms with van der Waals surface area (Å²) in [7, 11) is 0. The average Bonchev–Trinajstić information content (AvgIpc) is 2.18. The number of hydrogen-bond acceptors (Lipinski definition) is 2. The molecule has 0 amide bonds. The molecular formula is C10H16N4. The summed E-state index contributed by atoms with van der Waals surface area (Å²) in [5.41, 5.74) is 7.50. The van der Waals surface area contributed by atoms with Gasteiger partial charge in [-0.2, -0.15) is 0 Å². The molecule has 0 spiro atoms. The maximum atomic E-state index is 5.64. The molecule has 4 heteroatoms. The second-order valence-electron chi connectivity index (χ2n) is 3.08. The SMILES string of the molecule is CCCN=C(N)Nc1ccc(C)nc1. The third-order valence-corrected chi connectivity index (χ3v) is 1.69. The van der Waals surface area contributed by atoms with Crippen molar-refractivity contribution < 1.29 is 0 Å². The van der Waals surface area contributed by atoms with Crippen LogP contribution in [0, 0.1) is 6.92 Å². The summed E-state index contributed by atoms with van der Waals surface area (Å²) < 4.78 is 0. The molecule has 0 fully saturated rings. The lowest BCUT2D eigenvalue weighted by Gasteiger charge is -2.04. The fourth-order valence-electron chi connectivity index (χ4n) is 0.961. The van der Waals surface area contributed by atoms with Crippen LogP contribution in [0.4, 0.5) is 5.69 Å². The van der Waals surface area contributed by atoms with Crippen molar-refractivity contribution in [3.63, 3.8) is 0 Å². The average molecular weight is 192 g/mol. The molecule has 0 unspecified atom stereocenters. The molecule has 0 aromatic carbocycles. The third kappa shape index (κ3) is 3.43. The molecule has 0 atom stereocenters. The summed E-state index contributed by atoms with van der Waals surface area (Å²) in [6, 6.07) is 3.85. The number of nitrogens with two attached hydrogens (primary N) is 1. The van der Waals surface area contributed by atoms with Gasteiger partial charge in [-0.15, -0.1) is 0 Å². The molecule has 76 valence electrons. The van der Waals surface area contributed by atoms with Crippen molar-refractivity contribution >= 4 is 11.6 Å². The number of pyridine rings is 1. The van der Waals surface area contributed by atoms with E-state index in [0.717, 1.165) is 24.3 Å². The van der Waals surface area contributed by atoms with Crippen LogP contribution >= 0.6 is 0 Å². The van der Waals surface area contributed by atoms with Gasteiger partial charge in [-0.25, -0.2) is 0 Å². The Hall–Kier alpha value is -1.58. The summed E-state index contributed by atoms with van der Waals surface area (Å²) in [5, 5.41) is 2.97. The summed E-state index contributed by atoms with van der Waals surface area (Å²) >= 11 is 0. The number of rotatable bonds is 3. The number of aliphatic imine (C=N–C) groups is 1. The highest BCUT2D eigenvalue weighted by molar-refractivity contribution is 5.92. The molecule has 0 radical (unpaired) electrons. The molecule has 4 nitrogen and oxygen atoms in total. The number of guanidine groups is 1. The number of anilines is 1. The molecule has 1 aromatic rings. The fraction of sp³-hybridized carbons (Fsp3) is 0.400. The van der Waals surface area contributed by atoms with Crippen molar-refractivity contribution in [2.24, 2.45) is 10.7 Å². The van der Waals surface area contributed by atoms with Crippen molar-refractivity contribution in [1.82, 2.24) is 4.98 Å². The van der Waals surface area contributed by atoms with Crippen molar-refractivity contribution in [3.8, 4) is 0 Å². The van der Waals surface area contributed by atoms with Gasteiger partial charge in [0.2, 0.25) is 0 Å². The van der Waals surface area contributed by atoms with E-state index in [0.29, 0.717) is 5.96 Å². The first-order chi connectivity index (χ1) is 6.72. The van der Waals surface area contributed by atoms with E-state index in [9.17, 15) is 0 Å². The molecule has 0 aliphatic carbocycles. The van der Waals surface area contributed by atoms with Gasteiger partial charge in [-0.1, -0.05) is 6.92 Å². The van der Waals surface area contributed by atoms with Crippen LogP contribution in [0.3, 0.4) is 0 Å². The van der Waals surface area contributed by atoms with Crippen LogP contribution in [0.15, 0.2) is 23.3 Å². The molecule has 1 rings (SSSR count).